The topological polar surface area (TPSA) is 54.9 Å². The first-order valence-corrected chi connectivity index (χ1v) is 8.21. The minimum Gasteiger partial charge on any atom is -0.494 e. The van der Waals surface area contributed by atoms with Crippen LogP contribution in [0.4, 0.5) is 8.78 Å². The summed E-state index contributed by atoms with van der Waals surface area (Å²) in [6.45, 7) is 2.80. The largest absolute Gasteiger partial charge is 0.494 e. The maximum atomic E-state index is 13.7. The Morgan fingerprint density at radius 3 is 2.41 bits per heavy atom. The molecule has 27 heavy (non-hydrogen) atoms. The maximum absolute atomic E-state index is 13.7. The van der Waals surface area contributed by atoms with E-state index in [0.29, 0.717) is 24.8 Å². The van der Waals surface area contributed by atoms with E-state index in [9.17, 15) is 8.78 Å². The molecule has 148 valence electrons. The van der Waals surface area contributed by atoms with Crippen LogP contribution in [-0.4, -0.2) is 32.8 Å². The van der Waals surface area contributed by atoms with Crippen LogP contribution in [0.1, 0.15) is 12.5 Å². The number of guanidine groups is 1. The number of halogens is 3. The number of rotatable bonds is 7. The predicted octanol–water partition coefficient (Wildman–Crippen LogP) is 3.72. The lowest BCUT2D eigenvalue weighted by Gasteiger charge is -2.18. The maximum Gasteiger partial charge on any atom is 0.191 e. The summed E-state index contributed by atoms with van der Waals surface area (Å²) in [5.41, 5.74) is 0.766. The van der Waals surface area contributed by atoms with Crippen LogP contribution in [0, 0.1) is 11.6 Å². The molecule has 1 unspecified atom stereocenters. The molecule has 0 aliphatic carbocycles. The molecule has 2 N–H and O–H groups in total. The van der Waals surface area contributed by atoms with Crippen molar-refractivity contribution in [3.8, 4) is 11.5 Å². The average Bonchev–Trinajstić information content (AvgIpc) is 2.64. The Balaban J connectivity index is 0.00000364. The molecule has 0 heterocycles. The van der Waals surface area contributed by atoms with E-state index in [1.807, 2.05) is 6.92 Å². The SMILES string of the molecule is CN=C(NCc1ccc(OC)c(F)c1)NCC(C)Oc1ccc(F)cc1.I. The van der Waals surface area contributed by atoms with E-state index in [-0.39, 0.29) is 41.6 Å². The van der Waals surface area contributed by atoms with Crippen molar-refractivity contribution in [3.63, 3.8) is 0 Å². The standard InChI is InChI=1S/C19H23F2N3O2.HI/c1-13(26-16-7-5-15(20)6-8-16)11-23-19(22-2)24-12-14-4-9-18(25-3)17(21)10-14;/h4-10,13H,11-12H2,1-3H3,(H2,22,23,24);1H. The summed E-state index contributed by atoms with van der Waals surface area (Å²) < 4.78 is 37.2. The van der Waals surface area contributed by atoms with Crippen molar-refractivity contribution >= 4 is 29.9 Å². The van der Waals surface area contributed by atoms with E-state index in [0.717, 1.165) is 5.56 Å². The van der Waals surface area contributed by atoms with Crippen molar-refractivity contribution in [2.24, 2.45) is 4.99 Å². The number of nitrogens with one attached hydrogen (secondary N) is 2. The third-order valence-electron chi connectivity index (χ3n) is 3.61. The summed E-state index contributed by atoms with van der Waals surface area (Å²) in [5.74, 6) is 0.662. The quantitative estimate of drug-likeness (QED) is 0.352. The molecular weight excluding hydrogens is 467 g/mol. The fourth-order valence-electron chi connectivity index (χ4n) is 2.25. The Morgan fingerprint density at radius 1 is 1.11 bits per heavy atom. The lowest BCUT2D eigenvalue weighted by atomic mass is 10.2. The predicted molar refractivity (Wildman–Crippen MR) is 113 cm³/mol. The zero-order chi connectivity index (χ0) is 18.9. The van der Waals surface area contributed by atoms with E-state index in [4.69, 9.17) is 9.47 Å². The van der Waals surface area contributed by atoms with Gasteiger partial charge in [0.25, 0.3) is 0 Å². The summed E-state index contributed by atoms with van der Waals surface area (Å²) in [7, 11) is 3.08. The van der Waals surface area contributed by atoms with E-state index >= 15 is 0 Å². The fraction of sp³-hybridized carbons (Fsp3) is 0.316. The molecule has 0 saturated heterocycles. The Morgan fingerprint density at radius 2 is 1.81 bits per heavy atom. The van der Waals surface area contributed by atoms with Crippen molar-refractivity contribution in [1.29, 1.82) is 0 Å². The van der Waals surface area contributed by atoms with E-state index in [2.05, 4.69) is 15.6 Å². The molecule has 0 aliphatic rings. The number of aliphatic imine (C=N–C) groups is 1. The van der Waals surface area contributed by atoms with E-state index in [1.54, 1.807) is 31.3 Å². The van der Waals surface area contributed by atoms with Gasteiger partial charge in [0.1, 0.15) is 17.7 Å². The molecule has 0 fully saturated rings. The Bertz CT molecular complexity index is 742. The molecular formula is C19H24F2IN3O2. The highest BCUT2D eigenvalue weighted by Crippen LogP contribution is 2.17. The van der Waals surface area contributed by atoms with Gasteiger partial charge in [-0.05, 0) is 48.9 Å². The Kier molecular flexibility index (Phi) is 9.84. The van der Waals surface area contributed by atoms with Crippen LogP contribution >= 0.6 is 24.0 Å². The minimum absolute atomic E-state index is 0. The molecule has 0 amide bonds. The van der Waals surface area contributed by atoms with Crippen LogP contribution in [0.25, 0.3) is 0 Å². The van der Waals surface area contributed by atoms with Crippen LogP contribution in [-0.2, 0) is 6.54 Å². The summed E-state index contributed by atoms with van der Waals surface area (Å²) >= 11 is 0. The van der Waals surface area contributed by atoms with Crippen LogP contribution < -0.4 is 20.1 Å². The minimum atomic E-state index is -0.406. The number of ether oxygens (including phenoxy) is 2. The lowest BCUT2D eigenvalue weighted by molar-refractivity contribution is 0.223. The van der Waals surface area contributed by atoms with Crippen LogP contribution in [0.15, 0.2) is 47.5 Å². The van der Waals surface area contributed by atoms with Crippen LogP contribution in [0.5, 0.6) is 11.5 Å². The molecule has 1 atom stereocenters. The molecule has 2 aromatic carbocycles. The molecule has 0 bridgehead atoms. The first kappa shape index (κ1) is 22.9. The summed E-state index contributed by atoms with van der Waals surface area (Å²) in [5, 5.41) is 6.23. The van der Waals surface area contributed by atoms with Crippen LogP contribution in [0.3, 0.4) is 0 Å². The smallest absolute Gasteiger partial charge is 0.191 e. The molecule has 8 heteroatoms. The zero-order valence-electron chi connectivity index (χ0n) is 15.5. The van der Waals surface area contributed by atoms with Crippen molar-refractivity contribution in [1.82, 2.24) is 10.6 Å². The normalized spacial score (nSPS) is 12.0. The molecule has 0 radical (unpaired) electrons. The van der Waals surface area contributed by atoms with Gasteiger partial charge in [-0.2, -0.15) is 0 Å². The lowest BCUT2D eigenvalue weighted by Crippen LogP contribution is -2.41. The molecule has 0 aromatic heterocycles. The molecule has 2 rings (SSSR count). The van der Waals surface area contributed by atoms with Crippen molar-refractivity contribution in [3.05, 3.63) is 59.7 Å². The molecule has 0 saturated carbocycles. The second-order valence-electron chi connectivity index (χ2n) is 5.66. The second kappa shape index (κ2) is 11.6. The van der Waals surface area contributed by atoms with Gasteiger partial charge in [-0.1, -0.05) is 6.07 Å². The van der Waals surface area contributed by atoms with Gasteiger partial charge in [0.05, 0.1) is 13.7 Å². The molecule has 0 aliphatic heterocycles. The number of methoxy groups -OCH3 is 1. The highest BCUT2D eigenvalue weighted by molar-refractivity contribution is 14.0. The average molecular weight is 491 g/mol. The first-order valence-electron chi connectivity index (χ1n) is 8.21. The monoisotopic (exact) mass is 491 g/mol. The highest BCUT2D eigenvalue weighted by Gasteiger charge is 2.07. The van der Waals surface area contributed by atoms with E-state index in [1.165, 1.54) is 25.3 Å². The number of benzene rings is 2. The van der Waals surface area contributed by atoms with Gasteiger partial charge < -0.3 is 20.1 Å². The van der Waals surface area contributed by atoms with Crippen molar-refractivity contribution < 1.29 is 18.3 Å². The number of nitrogens with zero attached hydrogens (tertiary/aromatic N) is 1. The first-order chi connectivity index (χ1) is 12.5. The van der Waals surface area contributed by atoms with Gasteiger partial charge >= 0.3 is 0 Å². The highest BCUT2D eigenvalue weighted by atomic mass is 127. The Labute approximate surface area is 175 Å². The second-order valence-corrected chi connectivity index (χ2v) is 5.66. The van der Waals surface area contributed by atoms with Gasteiger partial charge in [0.15, 0.2) is 17.5 Å². The summed E-state index contributed by atoms with van der Waals surface area (Å²) in [6, 6.07) is 10.6. The third-order valence-corrected chi connectivity index (χ3v) is 3.61. The van der Waals surface area contributed by atoms with E-state index < -0.39 is 5.82 Å². The van der Waals surface area contributed by atoms with Gasteiger partial charge in [0.2, 0.25) is 0 Å². The van der Waals surface area contributed by atoms with Crippen molar-refractivity contribution in [2.75, 3.05) is 20.7 Å². The van der Waals surface area contributed by atoms with Gasteiger partial charge in [0, 0.05) is 13.6 Å². The summed E-state index contributed by atoms with van der Waals surface area (Å²) in [6.07, 6.45) is -0.155. The number of hydrogen-bond donors (Lipinski definition) is 2. The van der Waals surface area contributed by atoms with Gasteiger partial charge in [-0.15, -0.1) is 24.0 Å². The third kappa shape index (κ3) is 7.58. The molecule has 5 nitrogen and oxygen atoms in total. The number of hydrogen-bond acceptors (Lipinski definition) is 3. The van der Waals surface area contributed by atoms with Gasteiger partial charge in [-0.3, -0.25) is 4.99 Å². The van der Waals surface area contributed by atoms with Crippen molar-refractivity contribution in [2.45, 2.75) is 19.6 Å². The fourth-order valence-corrected chi connectivity index (χ4v) is 2.25. The van der Waals surface area contributed by atoms with Gasteiger partial charge in [-0.25, -0.2) is 8.78 Å². The zero-order valence-corrected chi connectivity index (χ0v) is 17.8. The molecule has 2 aromatic rings. The molecule has 0 spiro atoms. The summed E-state index contributed by atoms with van der Waals surface area (Å²) in [4.78, 5) is 4.12. The van der Waals surface area contributed by atoms with Crippen LogP contribution in [0.2, 0.25) is 0 Å². The Hall–Kier alpha value is -2.10.